The van der Waals surface area contributed by atoms with E-state index >= 15 is 0 Å². The fourth-order valence-electron chi connectivity index (χ4n) is 8.32. The van der Waals surface area contributed by atoms with Gasteiger partial charge in [-0.25, -0.2) is 4.79 Å². The average molecular weight is 1020 g/mol. The van der Waals surface area contributed by atoms with Crippen molar-refractivity contribution in [1.29, 1.82) is 0 Å². The average Bonchev–Trinajstić information content (AvgIpc) is 3.72. The summed E-state index contributed by atoms with van der Waals surface area (Å²) in [5.74, 6) is -2.31. The van der Waals surface area contributed by atoms with Crippen LogP contribution in [0.15, 0.2) is 30.3 Å². The van der Waals surface area contributed by atoms with Crippen LogP contribution >= 0.6 is 40.0 Å². The zero-order chi connectivity index (χ0) is 47.0. The van der Waals surface area contributed by atoms with Crippen LogP contribution in [0.2, 0.25) is 0 Å². The van der Waals surface area contributed by atoms with E-state index in [-0.39, 0.29) is 65.7 Å². The van der Waals surface area contributed by atoms with E-state index in [0.29, 0.717) is 24.9 Å². The van der Waals surface area contributed by atoms with Crippen LogP contribution in [0.25, 0.3) is 0 Å². The molecule has 0 aromatic heterocycles. The summed E-state index contributed by atoms with van der Waals surface area (Å²) in [6.45, 7) is 19.8. The van der Waals surface area contributed by atoms with E-state index in [1.54, 1.807) is 63.6 Å². The molecule has 1 saturated heterocycles. The number of methoxy groups -OCH3 is 2. The molecule has 14 nitrogen and oxygen atoms in total. The monoisotopic (exact) mass is 1020 g/mol. The van der Waals surface area contributed by atoms with Crippen molar-refractivity contribution in [3.8, 4) is 0 Å². The fourth-order valence-corrected chi connectivity index (χ4v) is 12.3. The molecule has 0 unspecified atom stereocenters. The van der Waals surface area contributed by atoms with Gasteiger partial charge in [0.2, 0.25) is 23.6 Å². The Morgan fingerprint density at radius 2 is 1.52 bits per heavy atom. The van der Waals surface area contributed by atoms with Crippen molar-refractivity contribution in [2.24, 2.45) is 29.6 Å². The topological polar surface area (TPSA) is 167 Å². The number of hydrogen-bond acceptors (Lipinski definition) is 11. The van der Waals surface area contributed by atoms with Crippen LogP contribution < -0.4 is 10.6 Å². The molecule has 1 aromatic carbocycles. The lowest BCUT2D eigenvalue weighted by Crippen LogP contribution is -2.60. The summed E-state index contributed by atoms with van der Waals surface area (Å²) in [5, 5.41) is 16.9. The van der Waals surface area contributed by atoms with Gasteiger partial charge in [-0.1, -0.05) is 110 Å². The first-order chi connectivity index (χ1) is 29.2. The summed E-state index contributed by atoms with van der Waals surface area (Å²) in [4.78, 5) is 74.4. The quantitative estimate of drug-likeness (QED) is 0.0674. The zero-order valence-electron chi connectivity index (χ0n) is 39.5. The smallest absolute Gasteiger partial charge is 0.410 e. The number of aliphatic hydroxyl groups excluding tert-OH is 1. The molecule has 354 valence electrons. The molecular weight excluding hydrogens is 946 g/mol. The highest BCUT2D eigenvalue weighted by molar-refractivity contribution is 14.2. The van der Waals surface area contributed by atoms with Crippen LogP contribution in [0.4, 0.5) is 4.79 Å². The number of carbonyl (C=O) groups excluding carboxylic acids is 5. The Kier molecular flexibility index (Phi) is 24.5. The molecule has 1 aliphatic rings. The third-order valence-electron chi connectivity index (χ3n) is 12.4. The molecule has 11 atom stereocenters. The predicted octanol–water partition coefficient (Wildman–Crippen LogP) is 7.13. The minimum absolute atomic E-state index is 0.0231. The lowest BCUT2D eigenvalue weighted by atomic mass is 9.89. The van der Waals surface area contributed by atoms with Crippen LogP contribution in [-0.2, 0) is 33.4 Å². The van der Waals surface area contributed by atoms with Gasteiger partial charge in [0.15, 0.2) is 0 Å². The molecule has 1 aromatic rings. The molecule has 1 heterocycles. The van der Waals surface area contributed by atoms with E-state index in [9.17, 15) is 29.1 Å². The molecule has 62 heavy (non-hydrogen) atoms. The number of carbonyl (C=O) groups is 5. The maximum Gasteiger partial charge on any atom is 0.410 e. The lowest BCUT2D eigenvalue weighted by molar-refractivity contribution is -0.148. The minimum Gasteiger partial charge on any atom is -0.448 e. The van der Waals surface area contributed by atoms with Gasteiger partial charge >= 0.3 is 6.09 Å². The summed E-state index contributed by atoms with van der Waals surface area (Å²) in [6.07, 6.45) is -0.776. The highest BCUT2D eigenvalue weighted by Crippen LogP contribution is 2.36. The molecule has 0 spiro atoms. The Balaban J connectivity index is 2.27. The van der Waals surface area contributed by atoms with E-state index in [1.165, 1.54) is 12.0 Å². The zero-order valence-corrected chi connectivity index (χ0v) is 43.3. The third kappa shape index (κ3) is 15.4. The normalized spacial score (nSPS) is 19.1. The van der Waals surface area contributed by atoms with Crippen LogP contribution in [-0.4, -0.2) is 139 Å². The first-order valence-corrected chi connectivity index (χ1v) is 26.7. The first-order valence-electron chi connectivity index (χ1n) is 22.0. The molecule has 1 aliphatic heterocycles. The van der Waals surface area contributed by atoms with Crippen LogP contribution in [0.5, 0.6) is 0 Å². The number of aliphatic hydroxyl groups is 1. The standard InChI is InChI=1S/C45H76IN5O9S2/c1-15-29(8)39(49(11)44(56)37(27(4)5)48-43(55)38(28(6)7)50(12)45(57)60-25-35(26(2)3)61-62-46)34(58-13)24-36(52)51-23-19-22-33(51)41(59-14)30(9)42(54)47-31(10)40(53)32-20-17-16-18-21-32/h16-18,20-21,26-31,33-35,37-41,53H,15,19,22-25H2,1-14H3,(H,47,54)(H,48,55)/t29-,30+,31+,33-,34+,35+,37-,38-,39-,40+,41+/m0/s1. The van der Waals surface area contributed by atoms with Gasteiger partial charge in [-0.2, -0.15) is 0 Å². The summed E-state index contributed by atoms with van der Waals surface area (Å²) in [5.41, 5.74) is 0.696. The largest absolute Gasteiger partial charge is 0.448 e. The molecule has 2 rings (SSSR count). The third-order valence-corrected chi connectivity index (χ3v) is 16.2. The van der Waals surface area contributed by atoms with E-state index in [0.717, 1.165) is 6.42 Å². The Labute approximate surface area is 391 Å². The highest BCUT2D eigenvalue weighted by atomic mass is 127. The number of likely N-dealkylation sites (N-methyl/N-ethyl adjacent to an activating group) is 2. The summed E-state index contributed by atoms with van der Waals surface area (Å²) in [6, 6.07) is 5.84. The Hall–Kier alpha value is -2.32. The number of benzene rings is 1. The molecule has 1 fully saturated rings. The van der Waals surface area contributed by atoms with Gasteiger partial charge in [0.05, 0.1) is 54.0 Å². The van der Waals surface area contributed by atoms with Crippen molar-refractivity contribution in [3.05, 3.63) is 35.9 Å². The van der Waals surface area contributed by atoms with Gasteiger partial charge in [0.25, 0.3) is 0 Å². The number of rotatable bonds is 25. The van der Waals surface area contributed by atoms with Crippen molar-refractivity contribution in [2.75, 3.05) is 41.5 Å². The lowest BCUT2D eigenvalue weighted by Gasteiger charge is -2.41. The van der Waals surface area contributed by atoms with Gasteiger partial charge in [-0.3, -0.25) is 24.1 Å². The van der Waals surface area contributed by atoms with Crippen molar-refractivity contribution < 1.29 is 43.3 Å². The molecule has 17 heteroatoms. The van der Waals surface area contributed by atoms with Crippen molar-refractivity contribution >= 4 is 69.7 Å². The van der Waals surface area contributed by atoms with Gasteiger partial charge in [-0.05, 0) is 57.0 Å². The van der Waals surface area contributed by atoms with E-state index in [1.807, 2.05) is 71.9 Å². The maximum atomic E-state index is 14.5. The van der Waals surface area contributed by atoms with E-state index in [2.05, 4.69) is 45.7 Å². The number of nitrogens with one attached hydrogen (secondary N) is 2. The Morgan fingerprint density at radius 3 is 2.03 bits per heavy atom. The van der Waals surface area contributed by atoms with Crippen LogP contribution in [0.1, 0.15) is 107 Å². The predicted molar refractivity (Wildman–Crippen MR) is 257 cm³/mol. The number of ether oxygens (including phenoxy) is 3. The Morgan fingerprint density at radius 1 is 0.887 bits per heavy atom. The number of likely N-dealkylation sites (tertiary alicyclic amines) is 1. The molecule has 5 amide bonds. The summed E-state index contributed by atoms with van der Waals surface area (Å²) >= 11 is 2.20. The van der Waals surface area contributed by atoms with Gasteiger partial charge < -0.3 is 39.8 Å². The van der Waals surface area contributed by atoms with Gasteiger partial charge in [0.1, 0.15) is 18.7 Å². The molecular formula is C45H76IN5O9S2. The highest BCUT2D eigenvalue weighted by Gasteiger charge is 2.44. The number of nitrogens with zero attached hydrogens (tertiary/aromatic N) is 3. The van der Waals surface area contributed by atoms with E-state index < -0.39 is 60.4 Å². The second kappa shape index (κ2) is 27.2. The van der Waals surface area contributed by atoms with Crippen LogP contribution in [0, 0.1) is 29.6 Å². The molecule has 0 aliphatic carbocycles. The minimum atomic E-state index is -0.935. The molecule has 0 radical (unpaired) electrons. The molecule has 0 bridgehead atoms. The number of halogens is 1. The number of hydrogen-bond donors (Lipinski definition) is 3. The molecule has 3 N–H and O–H groups in total. The SMILES string of the molecule is CC[C@H](C)[C@@H]([C@@H](CC(=O)N1CCC[C@H]1[C@H](OC)[C@@H](C)C(=O)N[C@H](C)[C@@H](O)c1ccccc1)OC)N(C)C(=O)[C@@H](NC(=O)[C@H](C(C)C)N(C)C(=O)OC[C@@H](SSI)C(C)C)C(C)C. The first kappa shape index (κ1) is 55.8. The molecule has 0 saturated carbocycles. The van der Waals surface area contributed by atoms with E-state index in [4.69, 9.17) is 14.2 Å². The second-order valence-corrected chi connectivity index (χ2v) is 22.9. The maximum absolute atomic E-state index is 14.5. The summed E-state index contributed by atoms with van der Waals surface area (Å²) in [7, 11) is 9.53. The van der Waals surface area contributed by atoms with Gasteiger partial charge in [-0.15, -0.1) is 0 Å². The number of amides is 5. The Bertz CT molecular complexity index is 1560. The fraction of sp³-hybridized carbons (Fsp3) is 0.756. The second-order valence-electron chi connectivity index (χ2n) is 17.8. The van der Waals surface area contributed by atoms with Crippen LogP contribution in [0.3, 0.4) is 0 Å². The van der Waals surface area contributed by atoms with Crippen molar-refractivity contribution in [2.45, 2.75) is 149 Å². The van der Waals surface area contributed by atoms with Crippen molar-refractivity contribution in [1.82, 2.24) is 25.3 Å². The van der Waals surface area contributed by atoms with Gasteiger partial charge in [0, 0.05) is 56.1 Å². The van der Waals surface area contributed by atoms with Crippen molar-refractivity contribution in [3.63, 3.8) is 0 Å². The summed E-state index contributed by atoms with van der Waals surface area (Å²) < 4.78 is 17.7.